The average Bonchev–Trinajstić information content (AvgIpc) is 2.06. The molecular formula is C7H7N3O. The Bertz CT molecular complexity index is 258. The fraction of sp³-hybridized carbons (Fsp3) is 0. The zero-order valence-electron chi connectivity index (χ0n) is 5.82. The van der Waals surface area contributed by atoms with Gasteiger partial charge >= 0.3 is 0 Å². The third kappa shape index (κ3) is 2.17. The van der Waals surface area contributed by atoms with E-state index in [1.165, 1.54) is 12.3 Å². The van der Waals surface area contributed by atoms with Crippen molar-refractivity contribution in [1.82, 2.24) is 10.2 Å². The number of hydrogen-bond acceptors (Lipinski definition) is 3. The summed E-state index contributed by atoms with van der Waals surface area (Å²) in [6, 6.07) is 3.33. The Kier molecular flexibility index (Phi) is 2.32. The Balaban J connectivity index is 2.65. The molecular weight excluding hydrogens is 142 g/mol. The molecule has 0 saturated heterocycles. The third-order valence-electron chi connectivity index (χ3n) is 1.01. The van der Waals surface area contributed by atoms with Gasteiger partial charge in [0.2, 0.25) is 5.91 Å². The molecule has 1 amide bonds. The molecule has 4 heteroatoms. The quantitative estimate of drug-likeness (QED) is 0.626. The second kappa shape index (κ2) is 3.46. The van der Waals surface area contributed by atoms with E-state index in [9.17, 15) is 4.79 Å². The molecule has 0 aliphatic carbocycles. The predicted octanol–water partition coefficient (Wildman–Crippen LogP) is 0.601. The second-order valence-electron chi connectivity index (χ2n) is 1.80. The predicted molar refractivity (Wildman–Crippen MR) is 40.9 cm³/mol. The van der Waals surface area contributed by atoms with Gasteiger partial charge in [0.05, 0.1) is 0 Å². The lowest BCUT2D eigenvalue weighted by Gasteiger charge is -1.96. The number of nitrogens with one attached hydrogen (secondary N) is 1. The zero-order chi connectivity index (χ0) is 8.10. The molecule has 0 aliphatic heterocycles. The van der Waals surface area contributed by atoms with E-state index in [1.54, 1.807) is 12.1 Å². The van der Waals surface area contributed by atoms with Gasteiger partial charge in [0.25, 0.3) is 0 Å². The molecule has 0 bridgehead atoms. The standard InChI is InChI=1S/C7H7N3O/c1-2-7(11)9-6-4-3-5-8-10-6/h2-5H,1H2,(H,9,10,11). The van der Waals surface area contributed by atoms with E-state index in [4.69, 9.17) is 0 Å². The van der Waals surface area contributed by atoms with E-state index < -0.39 is 0 Å². The highest BCUT2D eigenvalue weighted by molar-refractivity contribution is 5.98. The fourth-order valence-electron chi connectivity index (χ4n) is 0.545. The summed E-state index contributed by atoms with van der Waals surface area (Å²) < 4.78 is 0. The van der Waals surface area contributed by atoms with Crippen LogP contribution in [0.4, 0.5) is 5.82 Å². The summed E-state index contributed by atoms with van der Waals surface area (Å²) in [6.07, 6.45) is 2.71. The molecule has 56 valence electrons. The average molecular weight is 149 g/mol. The van der Waals surface area contributed by atoms with Crippen LogP contribution < -0.4 is 5.32 Å². The van der Waals surface area contributed by atoms with Crippen molar-refractivity contribution in [2.24, 2.45) is 0 Å². The van der Waals surface area contributed by atoms with Crippen LogP contribution >= 0.6 is 0 Å². The summed E-state index contributed by atoms with van der Waals surface area (Å²) in [7, 11) is 0. The maximum atomic E-state index is 10.7. The smallest absolute Gasteiger partial charge is 0.248 e. The minimum Gasteiger partial charge on any atom is -0.306 e. The zero-order valence-corrected chi connectivity index (χ0v) is 5.82. The summed E-state index contributed by atoms with van der Waals surface area (Å²) in [5, 5.41) is 9.67. The Labute approximate surface area is 64.0 Å². The molecule has 0 aromatic carbocycles. The van der Waals surface area contributed by atoms with Crippen molar-refractivity contribution in [3.63, 3.8) is 0 Å². The molecule has 0 saturated carbocycles. The lowest BCUT2D eigenvalue weighted by atomic mass is 10.5. The lowest BCUT2D eigenvalue weighted by Crippen LogP contribution is -2.08. The topological polar surface area (TPSA) is 54.9 Å². The van der Waals surface area contributed by atoms with Gasteiger partial charge in [-0.2, -0.15) is 5.10 Å². The number of anilines is 1. The Morgan fingerprint density at radius 2 is 2.55 bits per heavy atom. The molecule has 0 aliphatic rings. The Hall–Kier alpha value is -1.71. The molecule has 0 atom stereocenters. The summed E-state index contributed by atoms with van der Waals surface area (Å²) in [5.41, 5.74) is 0. The van der Waals surface area contributed by atoms with E-state index >= 15 is 0 Å². The number of amides is 1. The number of hydrogen-bond donors (Lipinski definition) is 1. The van der Waals surface area contributed by atoms with Gasteiger partial charge in [0.1, 0.15) is 0 Å². The van der Waals surface area contributed by atoms with Gasteiger partial charge < -0.3 is 5.32 Å². The molecule has 1 rings (SSSR count). The molecule has 1 N–H and O–H groups in total. The van der Waals surface area contributed by atoms with Crippen molar-refractivity contribution in [3.8, 4) is 0 Å². The van der Waals surface area contributed by atoms with Gasteiger partial charge in [-0.25, -0.2) is 0 Å². The van der Waals surface area contributed by atoms with Crippen LogP contribution in [-0.2, 0) is 4.79 Å². The Morgan fingerprint density at radius 3 is 3.09 bits per heavy atom. The molecule has 0 unspecified atom stereocenters. The van der Waals surface area contributed by atoms with Crippen molar-refractivity contribution in [3.05, 3.63) is 31.0 Å². The summed E-state index contributed by atoms with van der Waals surface area (Å²) in [4.78, 5) is 10.7. The first-order chi connectivity index (χ1) is 5.33. The minimum atomic E-state index is -0.287. The van der Waals surface area contributed by atoms with E-state index in [0.29, 0.717) is 5.82 Å². The van der Waals surface area contributed by atoms with Crippen LogP contribution in [-0.4, -0.2) is 16.1 Å². The van der Waals surface area contributed by atoms with Crippen LogP contribution in [0.25, 0.3) is 0 Å². The van der Waals surface area contributed by atoms with Gasteiger partial charge in [0.15, 0.2) is 5.82 Å². The molecule has 1 heterocycles. The monoisotopic (exact) mass is 149 g/mol. The molecule has 1 aromatic rings. The number of carbonyl (C=O) groups is 1. The summed E-state index contributed by atoms with van der Waals surface area (Å²) in [5.74, 6) is 0.142. The number of nitrogens with zero attached hydrogens (tertiary/aromatic N) is 2. The lowest BCUT2D eigenvalue weighted by molar-refractivity contribution is -0.111. The van der Waals surface area contributed by atoms with Crippen molar-refractivity contribution < 1.29 is 4.79 Å². The minimum absolute atomic E-state index is 0.287. The first kappa shape index (κ1) is 7.40. The van der Waals surface area contributed by atoms with Crippen molar-refractivity contribution in [2.75, 3.05) is 5.32 Å². The molecule has 1 aromatic heterocycles. The van der Waals surface area contributed by atoms with E-state index in [0.717, 1.165) is 0 Å². The van der Waals surface area contributed by atoms with Crippen LogP contribution in [0.5, 0.6) is 0 Å². The normalized spacial score (nSPS) is 8.73. The van der Waals surface area contributed by atoms with Crippen LogP contribution in [0, 0.1) is 0 Å². The highest BCUT2D eigenvalue weighted by Crippen LogP contribution is 1.96. The highest BCUT2D eigenvalue weighted by Gasteiger charge is 1.95. The number of rotatable bonds is 2. The van der Waals surface area contributed by atoms with Crippen LogP contribution in [0.1, 0.15) is 0 Å². The first-order valence-corrected chi connectivity index (χ1v) is 3.04. The fourth-order valence-corrected chi connectivity index (χ4v) is 0.545. The summed E-state index contributed by atoms with van der Waals surface area (Å²) in [6.45, 7) is 3.30. The largest absolute Gasteiger partial charge is 0.306 e. The van der Waals surface area contributed by atoms with Crippen molar-refractivity contribution in [2.45, 2.75) is 0 Å². The molecule has 0 radical (unpaired) electrons. The SMILES string of the molecule is C=CC(=O)Nc1cccnn1. The van der Waals surface area contributed by atoms with Crippen LogP contribution in [0.2, 0.25) is 0 Å². The maximum absolute atomic E-state index is 10.7. The van der Waals surface area contributed by atoms with Crippen LogP contribution in [0.15, 0.2) is 31.0 Å². The molecule has 0 spiro atoms. The van der Waals surface area contributed by atoms with Gasteiger partial charge in [0, 0.05) is 6.20 Å². The van der Waals surface area contributed by atoms with Crippen molar-refractivity contribution >= 4 is 11.7 Å². The number of aromatic nitrogens is 2. The highest BCUT2D eigenvalue weighted by atomic mass is 16.1. The third-order valence-corrected chi connectivity index (χ3v) is 1.01. The van der Waals surface area contributed by atoms with Gasteiger partial charge in [-0.3, -0.25) is 4.79 Å². The van der Waals surface area contributed by atoms with Gasteiger partial charge in [-0.05, 0) is 18.2 Å². The molecule has 11 heavy (non-hydrogen) atoms. The first-order valence-electron chi connectivity index (χ1n) is 3.04. The van der Waals surface area contributed by atoms with E-state index in [-0.39, 0.29) is 5.91 Å². The molecule has 0 fully saturated rings. The second-order valence-corrected chi connectivity index (χ2v) is 1.80. The van der Waals surface area contributed by atoms with Crippen molar-refractivity contribution in [1.29, 1.82) is 0 Å². The van der Waals surface area contributed by atoms with E-state index in [2.05, 4.69) is 22.1 Å². The Morgan fingerprint density at radius 1 is 1.73 bits per heavy atom. The van der Waals surface area contributed by atoms with E-state index in [1.807, 2.05) is 0 Å². The van der Waals surface area contributed by atoms with Gasteiger partial charge in [-0.1, -0.05) is 6.58 Å². The van der Waals surface area contributed by atoms with Crippen LogP contribution in [0.3, 0.4) is 0 Å². The molecule has 4 nitrogen and oxygen atoms in total. The summed E-state index contributed by atoms with van der Waals surface area (Å²) >= 11 is 0. The van der Waals surface area contributed by atoms with Gasteiger partial charge in [-0.15, -0.1) is 5.10 Å². The number of carbonyl (C=O) groups excluding carboxylic acids is 1. The maximum Gasteiger partial charge on any atom is 0.248 e.